The van der Waals surface area contributed by atoms with Crippen molar-refractivity contribution in [3.8, 4) is 0 Å². The first kappa shape index (κ1) is 19.2. The molecule has 6 rings (SSSR count). The van der Waals surface area contributed by atoms with Crippen molar-refractivity contribution in [1.82, 2.24) is 29.3 Å². The lowest BCUT2D eigenvalue weighted by atomic mass is 9.93. The fraction of sp³-hybridized carbons (Fsp3) is 0.391. The summed E-state index contributed by atoms with van der Waals surface area (Å²) in [5.74, 6) is 1.44. The number of fused-ring (bicyclic) bond motifs is 1. The van der Waals surface area contributed by atoms with E-state index in [2.05, 4.69) is 37.0 Å². The van der Waals surface area contributed by atoms with Gasteiger partial charge in [-0.1, -0.05) is 30.3 Å². The van der Waals surface area contributed by atoms with Crippen molar-refractivity contribution in [3.63, 3.8) is 0 Å². The topological polar surface area (TPSA) is 85.9 Å². The van der Waals surface area contributed by atoms with Crippen LogP contribution in [0.15, 0.2) is 49.1 Å². The van der Waals surface area contributed by atoms with E-state index in [-0.39, 0.29) is 0 Å². The predicted molar refractivity (Wildman–Crippen MR) is 122 cm³/mol. The highest BCUT2D eigenvalue weighted by atomic mass is 16.5. The maximum absolute atomic E-state index is 5.52. The fourth-order valence-electron chi connectivity index (χ4n) is 4.25. The van der Waals surface area contributed by atoms with E-state index in [1.165, 1.54) is 24.8 Å². The molecule has 9 nitrogen and oxygen atoms in total. The van der Waals surface area contributed by atoms with Crippen LogP contribution in [-0.2, 0) is 11.3 Å². The Labute approximate surface area is 186 Å². The van der Waals surface area contributed by atoms with Crippen LogP contribution in [0, 0.1) is 0 Å². The van der Waals surface area contributed by atoms with Gasteiger partial charge in [-0.3, -0.25) is 4.68 Å². The first-order chi connectivity index (χ1) is 15.8. The summed E-state index contributed by atoms with van der Waals surface area (Å²) in [6.45, 7) is 3.68. The first-order valence-corrected chi connectivity index (χ1v) is 11.2. The van der Waals surface area contributed by atoms with E-state index in [0.29, 0.717) is 25.1 Å². The second-order valence-corrected chi connectivity index (χ2v) is 8.42. The highest BCUT2D eigenvalue weighted by molar-refractivity contribution is 5.86. The number of nitrogens with one attached hydrogen (secondary N) is 1. The second-order valence-electron chi connectivity index (χ2n) is 8.42. The van der Waals surface area contributed by atoms with Gasteiger partial charge in [-0.2, -0.15) is 15.1 Å². The number of imidazole rings is 1. The average Bonchev–Trinajstić information content (AvgIpc) is 3.41. The van der Waals surface area contributed by atoms with Crippen molar-refractivity contribution >= 4 is 28.6 Å². The summed E-state index contributed by atoms with van der Waals surface area (Å²) in [6, 6.07) is 10.8. The number of ether oxygens (including phenoxy) is 1. The van der Waals surface area contributed by atoms with Gasteiger partial charge in [-0.15, -0.1) is 0 Å². The van der Waals surface area contributed by atoms with Gasteiger partial charge in [0, 0.05) is 25.3 Å². The Bertz CT molecular complexity index is 1210. The SMILES string of the molecule is c1ccc(Cn2cc(Nc3nc(N4CCOCC4)nc4c3ncn4C3CCC3)cn2)cc1. The Morgan fingerprint density at radius 1 is 1.06 bits per heavy atom. The zero-order chi connectivity index (χ0) is 21.3. The summed E-state index contributed by atoms with van der Waals surface area (Å²) < 4.78 is 9.66. The standard InChI is InChI=1S/C23H26N8O/c1-2-5-17(6-3-1)14-30-15-18(13-25-30)26-21-20-22(31(16-24-20)19-7-4-8-19)28-23(27-21)29-9-11-32-12-10-29/h1-3,5-6,13,15-16,19H,4,7-12,14H2,(H,26,27,28). The summed E-state index contributed by atoms with van der Waals surface area (Å²) in [4.78, 5) is 16.7. The third-order valence-corrected chi connectivity index (χ3v) is 6.26. The number of hydrogen-bond donors (Lipinski definition) is 1. The molecule has 0 spiro atoms. The summed E-state index contributed by atoms with van der Waals surface area (Å²) in [7, 11) is 0. The van der Waals surface area contributed by atoms with E-state index in [1.807, 2.05) is 41.6 Å². The van der Waals surface area contributed by atoms with Crippen molar-refractivity contribution in [2.24, 2.45) is 0 Å². The van der Waals surface area contributed by atoms with Crippen LogP contribution in [0.1, 0.15) is 30.9 Å². The normalized spacial score (nSPS) is 16.9. The van der Waals surface area contributed by atoms with E-state index in [0.717, 1.165) is 42.4 Å². The highest BCUT2D eigenvalue weighted by Crippen LogP contribution is 2.35. The molecule has 1 aliphatic heterocycles. The number of anilines is 3. The Morgan fingerprint density at radius 2 is 1.91 bits per heavy atom. The quantitative estimate of drug-likeness (QED) is 0.502. The lowest BCUT2D eigenvalue weighted by molar-refractivity contribution is 0.122. The Kier molecular flexibility index (Phi) is 4.95. The minimum absolute atomic E-state index is 0.480. The number of aromatic nitrogens is 6. The van der Waals surface area contributed by atoms with Crippen LogP contribution in [0.5, 0.6) is 0 Å². The van der Waals surface area contributed by atoms with E-state index in [4.69, 9.17) is 14.7 Å². The first-order valence-electron chi connectivity index (χ1n) is 11.2. The van der Waals surface area contributed by atoms with Gasteiger partial charge in [0.15, 0.2) is 17.0 Å². The van der Waals surface area contributed by atoms with Crippen molar-refractivity contribution in [1.29, 1.82) is 0 Å². The van der Waals surface area contributed by atoms with E-state index >= 15 is 0 Å². The van der Waals surface area contributed by atoms with Crippen molar-refractivity contribution in [2.45, 2.75) is 31.8 Å². The maximum atomic E-state index is 5.52. The van der Waals surface area contributed by atoms with E-state index in [1.54, 1.807) is 0 Å². The zero-order valence-electron chi connectivity index (χ0n) is 17.9. The predicted octanol–water partition coefficient (Wildman–Crippen LogP) is 3.38. The van der Waals surface area contributed by atoms with Crippen molar-refractivity contribution in [2.75, 3.05) is 36.5 Å². The van der Waals surface area contributed by atoms with Crippen LogP contribution in [-0.4, -0.2) is 55.6 Å². The molecule has 9 heteroatoms. The molecule has 1 aromatic carbocycles. The number of hydrogen-bond acceptors (Lipinski definition) is 7. The molecule has 1 saturated carbocycles. The lowest BCUT2D eigenvalue weighted by Gasteiger charge is -2.29. The Morgan fingerprint density at radius 3 is 2.69 bits per heavy atom. The smallest absolute Gasteiger partial charge is 0.229 e. The molecular weight excluding hydrogens is 404 g/mol. The molecule has 1 aliphatic carbocycles. The van der Waals surface area contributed by atoms with Crippen LogP contribution in [0.2, 0.25) is 0 Å². The maximum Gasteiger partial charge on any atom is 0.229 e. The molecule has 2 fully saturated rings. The number of benzene rings is 1. The molecule has 3 aromatic heterocycles. The molecule has 0 radical (unpaired) electrons. The Hall–Kier alpha value is -3.46. The lowest BCUT2D eigenvalue weighted by Crippen LogP contribution is -2.37. The van der Waals surface area contributed by atoms with Gasteiger partial charge in [-0.25, -0.2) is 4.98 Å². The van der Waals surface area contributed by atoms with Gasteiger partial charge in [-0.05, 0) is 24.8 Å². The van der Waals surface area contributed by atoms with E-state index < -0.39 is 0 Å². The third-order valence-electron chi connectivity index (χ3n) is 6.26. The highest BCUT2D eigenvalue weighted by Gasteiger charge is 2.25. The summed E-state index contributed by atoms with van der Waals surface area (Å²) >= 11 is 0. The monoisotopic (exact) mass is 430 g/mol. The van der Waals surface area contributed by atoms with Crippen LogP contribution in [0.4, 0.5) is 17.5 Å². The molecule has 0 bridgehead atoms. The van der Waals surface area contributed by atoms with Gasteiger partial charge in [0.05, 0.1) is 38.0 Å². The minimum atomic E-state index is 0.480. The van der Waals surface area contributed by atoms with Gasteiger partial charge in [0.25, 0.3) is 0 Å². The molecule has 2 aliphatic rings. The molecule has 0 atom stereocenters. The molecular formula is C23H26N8O. The number of rotatable bonds is 6. The van der Waals surface area contributed by atoms with E-state index in [9.17, 15) is 0 Å². The summed E-state index contributed by atoms with van der Waals surface area (Å²) in [5.41, 5.74) is 3.78. The molecule has 1 N–H and O–H groups in total. The minimum Gasteiger partial charge on any atom is -0.378 e. The van der Waals surface area contributed by atoms with Crippen molar-refractivity contribution < 1.29 is 4.74 Å². The summed E-state index contributed by atoms with van der Waals surface area (Å²) in [5, 5.41) is 7.97. The summed E-state index contributed by atoms with van der Waals surface area (Å²) in [6.07, 6.45) is 9.36. The van der Waals surface area contributed by atoms with Crippen LogP contribution < -0.4 is 10.2 Å². The largest absolute Gasteiger partial charge is 0.378 e. The van der Waals surface area contributed by atoms with Gasteiger partial charge >= 0.3 is 0 Å². The molecule has 1 saturated heterocycles. The fourth-order valence-corrected chi connectivity index (χ4v) is 4.25. The molecule has 0 amide bonds. The van der Waals surface area contributed by atoms with Gasteiger partial charge < -0.3 is 19.5 Å². The van der Waals surface area contributed by atoms with Crippen molar-refractivity contribution in [3.05, 3.63) is 54.6 Å². The second kappa shape index (κ2) is 8.23. The van der Waals surface area contributed by atoms with Gasteiger partial charge in [0.2, 0.25) is 5.95 Å². The average molecular weight is 431 g/mol. The molecule has 4 aromatic rings. The molecule has 0 unspecified atom stereocenters. The molecule has 32 heavy (non-hydrogen) atoms. The van der Waals surface area contributed by atoms with Gasteiger partial charge in [0.1, 0.15) is 0 Å². The zero-order valence-corrected chi connectivity index (χ0v) is 17.9. The third kappa shape index (κ3) is 3.69. The molecule has 4 heterocycles. The van der Waals surface area contributed by atoms with Crippen LogP contribution in [0.3, 0.4) is 0 Å². The Balaban J connectivity index is 1.33. The molecule has 164 valence electrons. The van der Waals surface area contributed by atoms with Crippen LogP contribution in [0.25, 0.3) is 11.2 Å². The number of morpholine rings is 1. The number of nitrogens with zero attached hydrogens (tertiary/aromatic N) is 7. The van der Waals surface area contributed by atoms with Crippen LogP contribution >= 0.6 is 0 Å².